The zero-order valence-corrected chi connectivity index (χ0v) is 19.8. The van der Waals surface area contributed by atoms with Crippen LogP contribution in [0.25, 0.3) is 0 Å². The topological polar surface area (TPSA) is 75.6 Å². The molecule has 1 aliphatic carbocycles. The zero-order valence-electron chi connectivity index (χ0n) is 19.8. The number of amides is 2. The van der Waals surface area contributed by atoms with Crippen molar-refractivity contribution >= 4 is 11.8 Å². The van der Waals surface area contributed by atoms with Crippen LogP contribution in [0.1, 0.15) is 68.1 Å². The van der Waals surface area contributed by atoms with Crippen LogP contribution in [0.5, 0.6) is 5.88 Å². The summed E-state index contributed by atoms with van der Waals surface area (Å²) in [7, 11) is 0. The summed E-state index contributed by atoms with van der Waals surface area (Å²) in [4.78, 5) is 38.1. The molecule has 4 rings (SSSR count). The Morgan fingerprint density at radius 3 is 2.76 bits per heavy atom. The van der Waals surface area contributed by atoms with Crippen LogP contribution in [0.2, 0.25) is 0 Å². The van der Waals surface area contributed by atoms with Crippen LogP contribution < -0.4 is 4.74 Å². The van der Waals surface area contributed by atoms with Crippen molar-refractivity contribution in [1.82, 2.24) is 19.8 Å². The Morgan fingerprint density at radius 2 is 2.00 bits per heavy atom. The Balaban J connectivity index is 1.36. The quantitative estimate of drug-likeness (QED) is 0.544. The molecule has 1 fully saturated rings. The lowest BCUT2D eigenvalue weighted by molar-refractivity contribution is -0.118. The average molecular weight is 451 g/mol. The van der Waals surface area contributed by atoms with E-state index in [1.54, 1.807) is 19.2 Å². The third-order valence-corrected chi connectivity index (χ3v) is 6.52. The van der Waals surface area contributed by atoms with E-state index in [-0.39, 0.29) is 24.3 Å². The predicted molar refractivity (Wildman–Crippen MR) is 126 cm³/mol. The highest BCUT2D eigenvalue weighted by Gasteiger charge is 2.35. The summed E-state index contributed by atoms with van der Waals surface area (Å²) in [5.74, 6) is 0.603. The molecule has 176 valence electrons. The lowest BCUT2D eigenvalue weighted by Crippen LogP contribution is -2.36. The summed E-state index contributed by atoms with van der Waals surface area (Å²) in [6.45, 7) is 6.01. The summed E-state index contributed by atoms with van der Waals surface area (Å²) in [6, 6.07) is 7.78. The van der Waals surface area contributed by atoms with E-state index in [4.69, 9.17) is 9.72 Å². The normalized spacial score (nSPS) is 16.6. The molecule has 0 saturated carbocycles. The molecule has 1 saturated heterocycles. The molecule has 0 bridgehead atoms. The molecule has 0 aromatic carbocycles. The minimum Gasteiger partial charge on any atom is -0.478 e. The van der Waals surface area contributed by atoms with Crippen LogP contribution >= 0.6 is 0 Å². The van der Waals surface area contributed by atoms with Crippen LogP contribution in [-0.2, 0) is 24.1 Å². The third kappa shape index (κ3) is 5.70. The molecule has 1 unspecified atom stereocenters. The van der Waals surface area contributed by atoms with Crippen molar-refractivity contribution in [2.75, 3.05) is 26.2 Å². The number of rotatable bonds is 10. The van der Waals surface area contributed by atoms with E-state index in [9.17, 15) is 9.59 Å². The molecule has 33 heavy (non-hydrogen) atoms. The van der Waals surface area contributed by atoms with E-state index < -0.39 is 0 Å². The summed E-state index contributed by atoms with van der Waals surface area (Å²) < 4.78 is 5.42. The number of pyridine rings is 2. The Labute approximate surface area is 196 Å². The third-order valence-electron chi connectivity index (χ3n) is 6.52. The highest BCUT2D eigenvalue weighted by molar-refractivity contribution is 5.80. The van der Waals surface area contributed by atoms with Crippen molar-refractivity contribution in [2.24, 2.45) is 0 Å². The first-order valence-corrected chi connectivity index (χ1v) is 12.2. The number of hydrogen-bond donors (Lipinski definition) is 0. The minimum atomic E-state index is -0.300. The molecule has 7 nitrogen and oxygen atoms in total. The van der Waals surface area contributed by atoms with E-state index in [1.807, 2.05) is 22.8 Å². The van der Waals surface area contributed by atoms with Gasteiger partial charge in [0.05, 0.1) is 12.6 Å². The van der Waals surface area contributed by atoms with Gasteiger partial charge in [-0.15, -0.1) is 0 Å². The summed E-state index contributed by atoms with van der Waals surface area (Å²) >= 11 is 0. The van der Waals surface area contributed by atoms with E-state index in [2.05, 4.69) is 17.1 Å². The highest BCUT2D eigenvalue weighted by atomic mass is 16.5. The van der Waals surface area contributed by atoms with Gasteiger partial charge in [0.1, 0.15) is 5.78 Å². The van der Waals surface area contributed by atoms with Crippen molar-refractivity contribution in [3.8, 4) is 5.88 Å². The van der Waals surface area contributed by atoms with Crippen LogP contribution in [0.15, 0.2) is 30.5 Å². The SMILES string of the molecule is CCOc1ccc(C(CC(C)=O)N2CCN(CCCc3ccc4c(n3)CCCC4)C2=O)cn1. The van der Waals surface area contributed by atoms with Gasteiger partial charge in [0.2, 0.25) is 5.88 Å². The lowest BCUT2D eigenvalue weighted by atomic mass is 9.95. The van der Waals surface area contributed by atoms with Gasteiger partial charge in [-0.05, 0) is 69.6 Å². The fourth-order valence-electron chi connectivity index (χ4n) is 4.82. The highest BCUT2D eigenvalue weighted by Crippen LogP contribution is 2.29. The van der Waals surface area contributed by atoms with Crippen molar-refractivity contribution < 1.29 is 14.3 Å². The number of carbonyl (C=O) groups is 2. The second-order valence-corrected chi connectivity index (χ2v) is 8.97. The largest absolute Gasteiger partial charge is 0.478 e. The molecule has 2 amide bonds. The Bertz CT molecular complexity index is 976. The number of nitrogens with zero attached hydrogens (tertiary/aromatic N) is 4. The maximum atomic E-state index is 13.2. The fraction of sp³-hybridized carbons (Fsp3) is 0.538. The van der Waals surface area contributed by atoms with Crippen LogP contribution in [0, 0.1) is 0 Å². The number of fused-ring (bicyclic) bond motifs is 1. The van der Waals surface area contributed by atoms with Gasteiger partial charge in [-0.1, -0.05) is 12.1 Å². The molecule has 1 aliphatic heterocycles. The molecule has 0 N–H and O–H groups in total. The molecular weight excluding hydrogens is 416 g/mol. The van der Waals surface area contributed by atoms with Crippen molar-refractivity contribution in [3.63, 3.8) is 0 Å². The number of ketones is 1. The lowest BCUT2D eigenvalue weighted by Gasteiger charge is -2.27. The number of aromatic nitrogens is 2. The predicted octanol–water partition coefficient (Wildman–Crippen LogP) is 4.14. The first kappa shape index (κ1) is 23.2. The summed E-state index contributed by atoms with van der Waals surface area (Å²) in [6.07, 6.45) is 8.48. The molecule has 2 aliphatic rings. The average Bonchev–Trinajstić information content (AvgIpc) is 3.18. The molecule has 2 aromatic heterocycles. The number of aryl methyl sites for hydroxylation is 3. The molecular formula is C26H34N4O3. The van der Waals surface area contributed by atoms with Crippen LogP contribution in [0.4, 0.5) is 4.79 Å². The maximum absolute atomic E-state index is 13.2. The molecule has 2 aromatic rings. The Hall–Kier alpha value is -2.96. The monoisotopic (exact) mass is 450 g/mol. The van der Waals surface area contributed by atoms with E-state index in [0.717, 1.165) is 36.9 Å². The van der Waals surface area contributed by atoms with Gasteiger partial charge >= 0.3 is 6.03 Å². The standard InChI is InChI=1S/C26H34N4O3/c1-3-33-25-13-11-21(18-27-25)24(17-19(2)31)30-16-15-29(26(30)32)14-6-8-22-12-10-20-7-4-5-9-23(20)28-22/h10-13,18,24H,3-9,14-17H2,1-2H3. The van der Waals surface area contributed by atoms with Gasteiger partial charge < -0.3 is 14.5 Å². The van der Waals surface area contributed by atoms with E-state index in [1.165, 1.54) is 24.1 Å². The number of urea groups is 1. The van der Waals surface area contributed by atoms with Gasteiger partial charge in [-0.2, -0.15) is 0 Å². The Kier molecular flexibility index (Phi) is 7.57. The number of Topliss-reactive ketones (excluding diaryl/α,β-unsaturated/α-hetero) is 1. The van der Waals surface area contributed by atoms with Gasteiger partial charge in [-0.25, -0.2) is 9.78 Å². The second kappa shape index (κ2) is 10.8. The van der Waals surface area contributed by atoms with Crippen molar-refractivity contribution in [3.05, 3.63) is 53.0 Å². The van der Waals surface area contributed by atoms with Gasteiger partial charge in [0, 0.05) is 49.7 Å². The summed E-state index contributed by atoms with van der Waals surface area (Å²) in [5, 5.41) is 0. The minimum absolute atomic E-state index is 0.00599. The van der Waals surface area contributed by atoms with E-state index in [0.29, 0.717) is 32.1 Å². The first-order valence-electron chi connectivity index (χ1n) is 12.2. The number of hydrogen-bond acceptors (Lipinski definition) is 5. The molecule has 7 heteroatoms. The molecule has 0 radical (unpaired) electrons. The van der Waals surface area contributed by atoms with Gasteiger partial charge in [0.25, 0.3) is 0 Å². The first-order chi connectivity index (χ1) is 16.0. The second-order valence-electron chi connectivity index (χ2n) is 8.97. The zero-order chi connectivity index (χ0) is 23.2. The smallest absolute Gasteiger partial charge is 0.320 e. The summed E-state index contributed by atoms with van der Waals surface area (Å²) in [5.41, 5.74) is 4.64. The van der Waals surface area contributed by atoms with Crippen molar-refractivity contribution in [2.45, 2.75) is 64.8 Å². The molecule has 1 atom stereocenters. The van der Waals surface area contributed by atoms with Crippen LogP contribution in [-0.4, -0.2) is 57.8 Å². The van der Waals surface area contributed by atoms with Crippen LogP contribution in [0.3, 0.4) is 0 Å². The molecule has 0 spiro atoms. The van der Waals surface area contributed by atoms with E-state index >= 15 is 0 Å². The number of carbonyl (C=O) groups excluding carboxylic acids is 2. The van der Waals surface area contributed by atoms with Crippen molar-refractivity contribution in [1.29, 1.82) is 0 Å². The fourth-order valence-corrected chi connectivity index (χ4v) is 4.82. The maximum Gasteiger partial charge on any atom is 0.320 e. The molecule has 3 heterocycles. The van der Waals surface area contributed by atoms with Gasteiger partial charge in [0.15, 0.2) is 0 Å². The van der Waals surface area contributed by atoms with Gasteiger partial charge in [-0.3, -0.25) is 9.78 Å². The Morgan fingerprint density at radius 1 is 1.15 bits per heavy atom. The number of ether oxygens (including phenoxy) is 1.